The van der Waals surface area contributed by atoms with E-state index in [-0.39, 0.29) is 11.7 Å². The number of hydrogen-bond acceptors (Lipinski definition) is 9. The van der Waals surface area contributed by atoms with E-state index in [0.717, 1.165) is 68.0 Å². The number of H-pyrrole nitrogens is 1. The summed E-state index contributed by atoms with van der Waals surface area (Å²) in [6, 6.07) is 15.3. The zero-order valence-corrected chi connectivity index (χ0v) is 22.2. The molecule has 0 radical (unpaired) electrons. The number of aromatic nitrogens is 5. The summed E-state index contributed by atoms with van der Waals surface area (Å²) < 4.78 is 18.6. The summed E-state index contributed by atoms with van der Waals surface area (Å²) >= 11 is 0. The number of aromatic amines is 1. The number of piperazine rings is 1. The summed E-state index contributed by atoms with van der Waals surface area (Å²) in [6.45, 7) is 4.29. The standard InChI is InChI=1S/C28H33N7O4/c1-37-20-10-9-19-16-22(28(36)29-23(19)17-20)26(27-30-31-32-35(27)18-21-6-5-15-39-21)34-13-11-33(12-14-34)24-7-3-4-8-25(24)38-2/h3-4,7-10,16-17,21,26H,5-6,11-15,18H2,1-2H3,(H,29,36)/t21-,26-/m1/s1. The SMILES string of the molecule is COc1ccc2cc([C@H](c3nnnn3C[C@H]3CCCO3)N3CCN(c4ccccc4OC)CC3)c(=O)[nH]c2c1. The molecule has 1 N–H and O–H groups in total. The van der Waals surface area contributed by atoms with Gasteiger partial charge in [0.2, 0.25) is 0 Å². The van der Waals surface area contributed by atoms with Crippen molar-refractivity contribution < 1.29 is 14.2 Å². The van der Waals surface area contributed by atoms with Crippen molar-refractivity contribution in [2.75, 3.05) is 51.9 Å². The second kappa shape index (κ2) is 11.0. The molecule has 4 heterocycles. The van der Waals surface area contributed by atoms with Crippen molar-refractivity contribution in [2.45, 2.75) is 31.5 Å². The Bertz CT molecular complexity index is 1490. The molecule has 0 unspecified atom stereocenters. The van der Waals surface area contributed by atoms with Gasteiger partial charge in [0.15, 0.2) is 5.82 Å². The molecule has 6 rings (SSSR count). The van der Waals surface area contributed by atoms with Crippen LogP contribution in [-0.4, -0.2) is 83.2 Å². The molecule has 2 fully saturated rings. The topological polar surface area (TPSA) is 111 Å². The number of fused-ring (bicyclic) bond motifs is 1. The van der Waals surface area contributed by atoms with Crippen molar-refractivity contribution in [1.29, 1.82) is 0 Å². The molecular weight excluding hydrogens is 498 g/mol. The van der Waals surface area contributed by atoms with E-state index in [0.29, 0.717) is 23.7 Å². The number of nitrogens with zero attached hydrogens (tertiary/aromatic N) is 6. The molecule has 2 saturated heterocycles. The summed E-state index contributed by atoms with van der Waals surface area (Å²) in [5.41, 5.74) is 2.24. The van der Waals surface area contributed by atoms with Crippen LogP contribution in [0.3, 0.4) is 0 Å². The summed E-state index contributed by atoms with van der Waals surface area (Å²) in [5, 5.41) is 13.7. The molecule has 39 heavy (non-hydrogen) atoms. The van der Waals surface area contributed by atoms with Crippen molar-refractivity contribution in [3.8, 4) is 11.5 Å². The van der Waals surface area contributed by atoms with E-state index in [2.05, 4.69) is 36.4 Å². The van der Waals surface area contributed by atoms with Crippen molar-refractivity contribution in [2.24, 2.45) is 0 Å². The van der Waals surface area contributed by atoms with Gasteiger partial charge in [-0.15, -0.1) is 5.10 Å². The molecule has 2 atom stereocenters. The van der Waals surface area contributed by atoms with Gasteiger partial charge in [-0.3, -0.25) is 9.69 Å². The molecule has 2 aromatic heterocycles. The van der Waals surface area contributed by atoms with Crippen LogP contribution in [-0.2, 0) is 11.3 Å². The lowest BCUT2D eigenvalue weighted by atomic mass is 10.0. The quantitative estimate of drug-likeness (QED) is 0.367. The molecule has 0 spiro atoms. The van der Waals surface area contributed by atoms with E-state index in [1.165, 1.54) is 0 Å². The molecule has 11 nitrogen and oxygen atoms in total. The van der Waals surface area contributed by atoms with Crippen LogP contribution >= 0.6 is 0 Å². The maximum absolute atomic E-state index is 13.6. The normalized spacial score (nSPS) is 18.9. The molecule has 2 aliphatic rings. The Morgan fingerprint density at radius 1 is 1.08 bits per heavy atom. The van der Waals surface area contributed by atoms with Gasteiger partial charge in [-0.25, -0.2) is 4.68 Å². The number of pyridine rings is 1. The maximum Gasteiger partial charge on any atom is 0.253 e. The number of para-hydroxylation sites is 2. The third-order valence-electron chi connectivity index (χ3n) is 7.69. The molecule has 2 aliphatic heterocycles. The van der Waals surface area contributed by atoms with Crippen molar-refractivity contribution >= 4 is 16.6 Å². The second-order valence-electron chi connectivity index (χ2n) is 9.96. The third-order valence-corrected chi connectivity index (χ3v) is 7.69. The van der Waals surface area contributed by atoms with Gasteiger partial charge in [0.1, 0.15) is 17.5 Å². The Morgan fingerprint density at radius 3 is 2.69 bits per heavy atom. The average molecular weight is 532 g/mol. The summed E-state index contributed by atoms with van der Waals surface area (Å²) in [6.07, 6.45) is 2.07. The Kier molecular flexibility index (Phi) is 7.16. The summed E-state index contributed by atoms with van der Waals surface area (Å²) in [7, 11) is 3.31. The number of nitrogens with one attached hydrogen (secondary N) is 1. The molecule has 0 bridgehead atoms. The van der Waals surface area contributed by atoms with Crippen LogP contribution in [0, 0.1) is 0 Å². The summed E-state index contributed by atoms with van der Waals surface area (Å²) in [5.74, 6) is 2.19. The van der Waals surface area contributed by atoms with Gasteiger partial charge in [0.25, 0.3) is 5.56 Å². The third kappa shape index (κ3) is 5.07. The van der Waals surface area contributed by atoms with Gasteiger partial charge < -0.3 is 24.1 Å². The number of tetrazole rings is 1. The van der Waals surface area contributed by atoms with Gasteiger partial charge in [0.05, 0.1) is 38.1 Å². The van der Waals surface area contributed by atoms with E-state index in [4.69, 9.17) is 14.2 Å². The fraction of sp³-hybridized carbons (Fsp3) is 0.429. The Morgan fingerprint density at radius 2 is 1.92 bits per heavy atom. The number of hydrogen-bond donors (Lipinski definition) is 1. The zero-order valence-electron chi connectivity index (χ0n) is 22.2. The van der Waals surface area contributed by atoms with E-state index in [9.17, 15) is 4.79 Å². The number of rotatable bonds is 8. The Balaban J connectivity index is 1.36. The van der Waals surface area contributed by atoms with E-state index >= 15 is 0 Å². The Labute approximate surface area is 226 Å². The maximum atomic E-state index is 13.6. The first-order chi connectivity index (χ1) is 19.1. The highest BCUT2D eigenvalue weighted by molar-refractivity contribution is 5.80. The first-order valence-corrected chi connectivity index (χ1v) is 13.3. The summed E-state index contributed by atoms with van der Waals surface area (Å²) in [4.78, 5) is 21.3. The average Bonchev–Trinajstić information content (AvgIpc) is 3.66. The van der Waals surface area contributed by atoms with Crippen molar-refractivity contribution in [3.05, 3.63) is 70.3 Å². The van der Waals surface area contributed by atoms with Crippen LogP contribution in [0.15, 0.2) is 53.3 Å². The molecule has 11 heteroatoms. The molecule has 0 saturated carbocycles. The molecule has 0 aliphatic carbocycles. The van der Waals surface area contributed by atoms with Crippen molar-refractivity contribution in [1.82, 2.24) is 30.1 Å². The van der Waals surface area contributed by atoms with E-state index in [1.54, 1.807) is 14.2 Å². The monoisotopic (exact) mass is 531 g/mol. The molecule has 4 aromatic rings. The minimum Gasteiger partial charge on any atom is -0.497 e. The van der Waals surface area contributed by atoms with Crippen LogP contribution < -0.4 is 19.9 Å². The highest BCUT2D eigenvalue weighted by atomic mass is 16.5. The number of benzene rings is 2. The number of methoxy groups -OCH3 is 2. The van der Waals surface area contributed by atoms with Crippen LogP contribution in [0.2, 0.25) is 0 Å². The highest BCUT2D eigenvalue weighted by Crippen LogP contribution is 2.32. The Hall–Kier alpha value is -3.96. The highest BCUT2D eigenvalue weighted by Gasteiger charge is 2.34. The predicted octanol–water partition coefficient (Wildman–Crippen LogP) is 2.62. The van der Waals surface area contributed by atoms with E-state index in [1.807, 2.05) is 47.1 Å². The lowest BCUT2D eigenvalue weighted by Crippen LogP contribution is -2.49. The van der Waals surface area contributed by atoms with Crippen LogP contribution in [0.25, 0.3) is 10.9 Å². The van der Waals surface area contributed by atoms with Gasteiger partial charge in [-0.1, -0.05) is 12.1 Å². The zero-order chi connectivity index (χ0) is 26.8. The minimum atomic E-state index is -0.420. The number of ether oxygens (including phenoxy) is 3. The lowest BCUT2D eigenvalue weighted by molar-refractivity contribution is 0.0906. The second-order valence-corrected chi connectivity index (χ2v) is 9.96. The largest absolute Gasteiger partial charge is 0.497 e. The van der Waals surface area contributed by atoms with Crippen molar-refractivity contribution in [3.63, 3.8) is 0 Å². The van der Waals surface area contributed by atoms with Crippen LogP contribution in [0.5, 0.6) is 11.5 Å². The molecule has 204 valence electrons. The van der Waals surface area contributed by atoms with Crippen LogP contribution in [0.1, 0.15) is 30.3 Å². The minimum absolute atomic E-state index is 0.0673. The smallest absolute Gasteiger partial charge is 0.253 e. The fourth-order valence-electron chi connectivity index (χ4n) is 5.66. The molecule has 2 aromatic carbocycles. The lowest BCUT2D eigenvalue weighted by Gasteiger charge is -2.40. The van der Waals surface area contributed by atoms with E-state index < -0.39 is 6.04 Å². The van der Waals surface area contributed by atoms with Gasteiger partial charge in [0, 0.05) is 44.4 Å². The fourth-order valence-corrected chi connectivity index (χ4v) is 5.66. The van der Waals surface area contributed by atoms with Gasteiger partial charge in [-0.05, 0) is 59.0 Å². The number of anilines is 1. The van der Waals surface area contributed by atoms with Crippen LogP contribution in [0.4, 0.5) is 5.69 Å². The molecular formula is C28H33N7O4. The van der Waals surface area contributed by atoms with Gasteiger partial charge in [-0.2, -0.15) is 0 Å². The molecule has 0 amide bonds. The first-order valence-electron chi connectivity index (χ1n) is 13.3. The van der Waals surface area contributed by atoms with Gasteiger partial charge >= 0.3 is 0 Å². The predicted molar refractivity (Wildman–Crippen MR) is 147 cm³/mol. The first kappa shape index (κ1) is 25.3.